The van der Waals surface area contributed by atoms with Crippen LogP contribution in [0.1, 0.15) is 72.1 Å². The van der Waals surface area contributed by atoms with Crippen molar-refractivity contribution in [1.29, 1.82) is 0 Å². The maximum Gasteiger partial charge on any atom is 0.110 e. The molecular formula is C21H34N4O. The van der Waals surface area contributed by atoms with Crippen molar-refractivity contribution in [1.82, 2.24) is 0 Å². The average Bonchev–Trinajstić information content (AvgIpc) is 2.92. The molecule has 0 unspecified atom stereocenters. The van der Waals surface area contributed by atoms with Gasteiger partial charge in [-0.3, -0.25) is 0 Å². The van der Waals surface area contributed by atoms with Crippen LogP contribution in [0.25, 0.3) is 0 Å². The van der Waals surface area contributed by atoms with E-state index in [4.69, 9.17) is 11.7 Å². The first kappa shape index (κ1) is 18.0. The predicted octanol–water partition coefficient (Wildman–Crippen LogP) is 3.33. The fraction of sp³-hybridized carbons (Fsp3) is 0.810. The quantitative estimate of drug-likeness (QED) is 0.381. The summed E-state index contributed by atoms with van der Waals surface area (Å²) in [6.07, 6.45) is 10.9. The van der Waals surface area contributed by atoms with E-state index in [1.54, 1.807) is 5.57 Å². The lowest BCUT2D eigenvalue weighted by Crippen LogP contribution is -2.57. The number of hydrazone groups is 2. The highest BCUT2D eigenvalue weighted by atomic mass is 16.3. The summed E-state index contributed by atoms with van der Waals surface area (Å²) < 4.78 is 0. The van der Waals surface area contributed by atoms with Crippen molar-refractivity contribution in [2.24, 2.45) is 50.5 Å². The highest BCUT2D eigenvalue weighted by Gasteiger charge is 2.64. The number of allylic oxidation sites excluding steroid dienone is 2. The molecule has 0 aromatic rings. The van der Waals surface area contributed by atoms with Crippen molar-refractivity contribution in [3.8, 4) is 0 Å². The van der Waals surface area contributed by atoms with Gasteiger partial charge in [-0.2, -0.15) is 10.2 Å². The van der Waals surface area contributed by atoms with Crippen LogP contribution in [0, 0.1) is 28.6 Å². The van der Waals surface area contributed by atoms with E-state index < -0.39 is 5.60 Å². The third-order valence-electron chi connectivity index (χ3n) is 9.09. The fourth-order valence-corrected chi connectivity index (χ4v) is 7.39. The van der Waals surface area contributed by atoms with Gasteiger partial charge < -0.3 is 16.8 Å². The molecule has 0 aromatic carbocycles. The van der Waals surface area contributed by atoms with Gasteiger partial charge in [-0.1, -0.05) is 19.4 Å². The lowest BCUT2D eigenvalue weighted by Gasteiger charge is -2.59. The number of nitrogens with zero attached hydrogens (tertiary/aromatic N) is 2. The van der Waals surface area contributed by atoms with Gasteiger partial charge in [0.15, 0.2) is 0 Å². The third kappa shape index (κ3) is 2.12. The second kappa shape index (κ2) is 5.82. The van der Waals surface area contributed by atoms with Crippen LogP contribution in [-0.2, 0) is 0 Å². The minimum Gasteiger partial charge on any atom is -0.383 e. The number of nitrogens with two attached hydrogens (primary N) is 2. The van der Waals surface area contributed by atoms with E-state index in [0.29, 0.717) is 23.5 Å². The molecule has 26 heavy (non-hydrogen) atoms. The van der Waals surface area contributed by atoms with Gasteiger partial charge >= 0.3 is 0 Å². The fourth-order valence-electron chi connectivity index (χ4n) is 7.39. The molecule has 5 N–H and O–H groups in total. The van der Waals surface area contributed by atoms with E-state index in [0.717, 1.165) is 44.2 Å². The van der Waals surface area contributed by atoms with E-state index in [1.165, 1.54) is 12.8 Å². The number of rotatable bonds is 1. The SMILES string of the molecule is C/C(=N/N)[C@]1(O)CC[C@H]2[C@@H]3CCC4=C/C(=N/N)CC[C@]4(C)[C@H]3CC[C@@]21C. The summed E-state index contributed by atoms with van der Waals surface area (Å²) in [5.41, 5.74) is 2.67. The normalized spacial score (nSPS) is 50.0. The molecule has 6 atom stereocenters. The van der Waals surface area contributed by atoms with E-state index in [9.17, 15) is 5.11 Å². The molecule has 5 nitrogen and oxygen atoms in total. The summed E-state index contributed by atoms with van der Waals surface area (Å²) in [6, 6.07) is 0. The van der Waals surface area contributed by atoms with E-state index in [2.05, 4.69) is 30.1 Å². The van der Waals surface area contributed by atoms with Crippen LogP contribution in [0.3, 0.4) is 0 Å². The molecule has 0 heterocycles. The standard InChI is InChI=1S/C21H34N4O/c1-13(24-22)21(26)11-8-18-16-5-4-14-12-15(25-23)6-9-19(14,2)17(16)7-10-20(18,21)3/h12,16-18,26H,4-11,22-23H2,1-3H3/b24-13-,25-15+/t16-,17+,18+,19+,20+,21-/m1/s1. The maximum absolute atomic E-state index is 11.5. The Bertz CT molecular complexity index is 698. The second-order valence-corrected chi connectivity index (χ2v) is 9.69. The molecule has 0 amide bonds. The van der Waals surface area contributed by atoms with Crippen molar-refractivity contribution >= 4 is 11.4 Å². The highest BCUT2D eigenvalue weighted by molar-refractivity contribution is 5.96. The number of hydrogen-bond donors (Lipinski definition) is 3. The van der Waals surface area contributed by atoms with Crippen molar-refractivity contribution in [3.05, 3.63) is 11.6 Å². The van der Waals surface area contributed by atoms with Gasteiger partial charge in [-0.25, -0.2) is 0 Å². The molecule has 4 aliphatic carbocycles. The Kier molecular flexibility index (Phi) is 4.03. The Morgan fingerprint density at radius 1 is 1.08 bits per heavy atom. The van der Waals surface area contributed by atoms with E-state index >= 15 is 0 Å². The van der Waals surface area contributed by atoms with Crippen molar-refractivity contribution in [3.63, 3.8) is 0 Å². The lowest BCUT2D eigenvalue weighted by atomic mass is 9.46. The molecule has 0 radical (unpaired) electrons. The number of hydrogen-bond acceptors (Lipinski definition) is 5. The van der Waals surface area contributed by atoms with Crippen molar-refractivity contribution in [2.75, 3.05) is 0 Å². The molecule has 0 spiro atoms. The molecular weight excluding hydrogens is 324 g/mol. The van der Waals surface area contributed by atoms with Gasteiger partial charge in [0, 0.05) is 5.41 Å². The van der Waals surface area contributed by atoms with Crippen molar-refractivity contribution < 1.29 is 5.11 Å². The Labute approximate surface area is 157 Å². The maximum atomic E-state index is 11.5. The summed E-state index contributed by atoms with van der Waals surface area (Å²) in [5.74, 6) is 13.1. The van der Waals surface area contributed by atoms with Crippen LogP contribution in [0.4, 0.5) is 0 Å². The second-order valence-electron chi connectivity index (χ2n) is 9.69. The monoisotopic (exact) mass is 358 g/mol. The molecule has 144 valence electrons. The number of fused-ring (bicyclic) bond motifs is 5. The largest absolute Gasteiger partial charge is 0.383 e. The first-order chi connectivity index (χ1) is 12.3. The molecule has 3 fully saturated rings. The molecule has 0 saturated heterocycles. The minimum absolute atomic E-state index is 0.1000. The first-order valence-electron chi connectivity index (χ1n) is 10.3. The molecule has 4 rings (SSSR count). The summed E-state index contributed by atoms with van der Waals surface area (Å²) >= 11 is 0. The average molecular weight is 359 g/mol. The van der Waals surface area contributed by atoms with Gasteiger partial charge in [0.2, 0.25) is 0 Å². The zero-order chi connectivity index (χ0) is 18.7. The summed E-state index contributed by atoms with van der Waals surface area (Å²) in [4.78, 5) is 0. The van der Waals surface area contributed by atoms with Gasteiger partial charge in [0.25, 0.3) is 0 Å². The lowest BCUT2D eigenvalue weighted by molar-refractivity contribution is -0.0945. The van der Waals surface area contributed by atoms with Crippen LogP contribution in [-0.4, -0.2) is 22.1 Å². The molecule has 0 aromatic heterocycles. The van der Waals surface area contributed by atoms with Crippen LogP contribution in [0.15, 0.2) is 21.9 Å². The summed E-state index contributed by atoms with van der Waals surface area (Å²) in [6.45, 7) is 6.67. The topological polar surface area (TPSA) is 97.0 Å². The smallest absolute Gasteiger partial charge is 0.110 e. The highest BCUT2D eigenvalue weighted by Crippen LogP contribution is 2.67. The Balaban J connectivity index is 1.68. The van der Waals surface area contributed by atoms with Crippen LogP contribution < -0.4 is 11.7 Å². The van der Waals surface area contributed by atoms with Gasteiger partial charge in [0.1, 0.15) is 5.60 Å². The molecule has 3 saturated carbocycles. The molecule has 0 bridgehead atoms. The third-order valence-corrected chi connectivity index (χ3v) is 9.09. The molecule has 4 aliphatic rings. The van der Waals surface area contributed by atoms with E-state index in [1.807, 2.05) is 6.92 Å². The van der Waals surface area contributed by atoms with Gasteiger partial charge in [-0.15, -0.1) is 0 Å². The van der Waals surface area contributed by atoms with Crippen LogP contribution in [0.5, 0.6) is 0 Å². The predicted molar refractivity (Wildman–Crippen MR) is 106 cm³/mol. The molecule has 5 heteroatoms. The van der Waals surface area contributed by atoms with Crippen molar-refractivity contribution in [2.45, 2.75) is 77.7 Å². The number of aliphatic hydroxyl groups is 1. The van der Waals surface area contributed by atoms with Gasteiger partial charge in [0.05, 0.1) is 11.4 Å². The minimum atomic E-state index is -0.833. The zero-order valence-corrected chi connectivity index (χ0v) is 16.5. The van der Waals surface area contributed by atoms with E-state index in [-0.39, 0.29) is 10.8 Å². The Morgan fingerprint density at radius 3 is 2.50 bits per heavy atom. The van der Waals surface area contributed by atoms with Gasteiger partial charge in [-0.05, 0) is 87.5 Å². The van der Waals surface area contributed by atoms with Crippen LogP contribution >= 0.6 is 0 Å². The first-order valence-corrected chi connectivity index (χ1v) is 10.3. The Hall–Kier alpha value is -1.36. The molecule has 0 aliphatic heterocycles. The summed E-state index contributed by atoms with van der Waals surface area (Å²) in [7, 11) is 0. The Morgan fingerprint density at radius 2 is 1.81 bits per heavy atom. The zero-order valence-electron chi connectivity index (χ0n) is 16.5. The summed E-state index contributed by atoms with van der Waals surface area (Å²) in [5, 5.41) is 19.4. The van der Waals surface area contributed by atoms with Crippen LogP contribution in [0.2, 0.25) is 0 Å².